The molecule has 0 saturated heterocycles. The minimum atomic E-state index is -3.50. The first kappa shape index (κ1) is 13.1. The summed E-state index contributed by atoms with van der Waals surface area (Å²) < 4.78 is 24.7. The van der Waals surface area contributed by atoms with Gasteiger partial charge in [-0.05, 0) is 42.1 Å². The second-order valence-electron chi connectivity index (χ2n) is 3.88. The molecule has 1 aromatic rings. The lowest BCUT2D eigenvalue weighted by molar-refractivity contribution is 0.431. The average molecular weight is 280 g/mol. The Hall–Kier alpha value is -1.38. The number of aliphatic hydroxyl groups excluding tert-OH is 1. The number of benzene rings is 1. The molecule has 1 aliphatic rings. The zero-order valence-corrected chi connectivity index (χ0v) is 11.5. The van der Waals surface area contributed by atoms with Crippen molar-refractivity contribution in [1.29, 1.82) is 0 Å². The molecule has 94 valence electrons. The van der Waals surface area contributed by atoms with E-state index in [1.165, 1.54) is 12.2 Å². The van der Waals surface area contributed by atoms with Crippen LogP contribution in [0.5, 0.6) is 0 Å². The maximum atomic E-state index is 12.3. The summed E-state index contributed by atoms with van der Waals surface area (Å²) in [7, 11) is -0.996. The quantitative estimate of drug-likeness (QED) is 0.845. The van der Waals surface area contributed by atoms with E-state index in [1.54, 1.807) is 36.4 Å². The van der Waals surface area contributed by atoms with Crippen molar-refractivity contribution in [3.05, 3.63) is 59.2 Å². The van der Waals surface area contributed by atoms with E-state index in [1.807, 2.05) is 0 Å². The Balaban J connectivity index is 2.41. The van der Waals surface area contributed by atoms with Gasteiger partial charge < -0.3 is 5.11 Å². The lowest BCUT2D eigenvalue weighted by atomic mass is 10.4. The maximum absolute atomic E-state index is 12.3. The number of hydrogen-bond acceptors (Lipinski definition) is 3. The summed E-state index contributed by atoms with van der Waals surface area (Å²) in [6.45, 7) is 0. The third-order valence-electron chi connectivity index (χ3n) is 2.57. The van der Waals surface area contributed by atoms with Crippen molar-refractivity contribution in [1.82, 2.24) is 0 Å². The van der Waals surface area contributed by atoms with Gasteiger partial charge in [0.05, 0.1) is 9.80 Å². The number of aliphatic hydroxyl groups is 1. The predicted molar refractivity (Wildman–Crippen MR) is 75.5 cm³/mol. The molecule has 1 unspecified atom stereocenters. The van der Waals surface area contributed by atoms with Gasteiger partial charge in [-0.25, -0.2) is 8.42 Å². The fourth-order valence-electron chi connectivity index (χ4n) is 1.58. The normalized spacial score (nSPS) is 15.8. The summed E-state index contributed by atoms with van der Waals surface area (Å²) in [5, 5.41) is 10.3. The monoisotopic (exact) mass is 280 g/mol. The molecular weight excluding hydrogens is 267 g/mol. The molecule has 18 heavy (non-hydrogen) atoms. The van der Waals surface area contributed by atoms with Gasteiger partial charge in [0, 0.05) is 0 Å². The second-order valence-corrected chi connectivity index (χ2v) is 6.49. The SMILES string of the molecule is O=S(=O)(C1=CCC=C(O)C=C1)c1ccc(P)cc1. The molecule has 0 saturated carbocycles. The van der Waals surface area contributed by atoms with E-state index in [-0.39, 0.29) is 15.6 Å². The molecule has 1 aromatic carbocycles. The molecule has 3 nitrogen and oxygen atoms in total. The number of allylic oxidation sites excluding steroid dienone is 4. The Kier molecular flexibility index (Phi) is 3.69. The van der Waals surface area contributed by atoms with Gasteiger partial charge in [-0.15, -0.1) is 9.24 Å². The van der Waals surface area contributed by atoms with Gasteiger partial charge in [0.2, 0.25) is 9.84 Å². The zero-order chi connectivity index (χ0) is 13.2. The van der Waals surface area contributed by atoms with Gasteiger partial charge in [0.15, 0.2) is 0 Å². The molecule has 2 rings (SSSR count). The highest BCUT2D eigenvalue weighted by Gasteiger charge is 2.18. The van der Waals surface area contributed by atoms with Crippen LogP contribution < -0.4 is 5.30 Å². The highest BCUT2D eigenvalue weighted by Crippen LogP contribution is 2.22. The van der Waals surface area contributed by atoms with E-state index in [4.69, 9.17) is 0 Å². The molecule has 0 bridgehead atoms. The molecule has 1 aliphatic carbocycles. The van der Waals surface area contributed by atoms with Crippen molar-refractivity contribution in [2.24, 2.45) is 0 Å². The van der Waals surface area contributed by atoms with Crippen molar-refractivity contribution in [3.63, 3.8) is 0 Å². The molecule has 0 aromatic heterocycles. The van der Waals surface area contributed by atoms with Crippen LogP contribution in [0.3, 0.4) is 0 Å². The van der Waals surface area contributed by atoms with Crippen LogP contribution in [-0.4, -0.2) is 13.5 Å². The van der Waals surface area contributed by atoms with E-state index in [9.17, 15) is 13.5 Å². The highest BCUT2D eigenvalue weighted by molar-refractivity contribution is 7.95. The van der Waals surface area contributed by atoms with Gasteiger partial charge in [-0.3, -0.25) is 0 Å². The van der Waals surface area contributed by atoms with Gasteiger partial charge in [-0.1, -0.05) is 18.2 Å². The first-order valence-corrected chi connectivity index (χ1v) is 7.44. The van der Waals surface area contributed by atoms with Crippen LogP contribution >= 0.6 is 9.24 Å². The summed E-state index contributed by atoms with van der Waals surface area (Å²) in [6.07, 6.45) is 6.35. The van der Waals surface area contributed by atoms with Gasteiger partial charge in [0.1, 0.15) is 5.76 Å². The van der Waals surface area contributed by atoms with Gasteiger partial charge in [-0.2, -0.15) is 0 Å². The first-order valence-electron chi connectivity index (χ1n) is 5.38. The van der Waals surface area contributed by atoms with Crippen LogP contribution in [0.2, 0.25) is 0 Å². The molecule has 0 fully saturated rings. The summed E-state index contributed by atoms with van der Waals surface area (Å²) in [5.41, 5.74) is 0. The van der Waals surface area contributed by atoms with Crippen molar-refractivity contribution in [2.45, 2.75) is 11.3 Å². The molecule has 5 heteroatoms. The highest BCUT2D eigenvalue weighted by atomic mass is 32.2. The lowest BCUT2D eigenvalue weighted by Gasteiger charge is -2.05. The van der Waals surface area contributed by atoms with Crippen LogP contribution in [-0.2, 0) is 9.84 Å². The van der Waals surface area contributed by atoms with Crippen molar-refractivity contribution < 1.29 is 13.5 Å². The van der Waals surface area contributed by atoms with Crippen molar-refractivity contribution >= 4 is 24.4 Å². The van der Waals surface area contributed by atoms with Crippen LogP contribution in [0, 0.1) is 0 Å². The molecule has 0 heterocycles. The predicted octanol–water partition coefficient (Wildman–Crippen LogP) is 2.25. The Morgan fingerprint density at radius 3 is 2.39 bits per heavy atom. The average Bonchev–Trinajstić information content (AvgIpc) is 2.55. The number of hydrogen-bond donors (Lipinski definition) is 1. The summed E-state index contributed by atoms with van der Waals surface area (Å²) in [6, 6.07) is 6.61. The van der Waals surface area contributed by atoms with Crippen LogP contribution in [0.25, 0.3) is 0 Å². The van der Waals surface area contributed by atoms with E-state index in [2.05, 4.69) is 9.24 Å². The number of rotatable bonds is 2. The van der Waals surface area contributed by atoms with Crippen molar-refractivity contribution in [3.8, 4) is 0 Å². The molecular formula is C13H13O3PS. The third kappa shape index (κ3) is 2.71. The van der Waals surface area contributed by atoms with Crippen LogP contribution in [0.1, 0.15) is 6.42 Å². The van der Waals surface area contributed by atoms with Crippen molar-refractivity contribution in [2.75, 3.05) is 0 Å². The summed E-state index contributed by atoms with van der Waals surface area (Å²) >= 11 is 0. The summed E-state index contributed by atoms with van der Waals surface area (Å²) in [4.78, 5) is 0.463. The molecule has 0 amide bonds. The Bertz CT molecular complexity index is 637. The minimum Gasteiger partial charge on any atom is -0.508 e. The van der Waals surface area contributed by atoms with E-state index in [0.29, 0.717) is 6.42 Å². The van der Waals surface area contributed by atoms with E-state index in [0.717, 1.165) is 5.30 Å². The second kappa shape index (κ2) is 5.09. The fraction of sp³-hybridized carbons (Fsp3) is 0.0769. The zero-order valence-electron chi connectivity index (χ0n) is 9.58. The van der Waals surface area contributed by atoms with E-state index < -0.39 is 9.84 Å². The number of sulfone groups is 1. The van der Waals surface area contributed by atoms with E-state index >= 15 is 0 Å². The van der Waals surface area contributed by atoms with Crippen LogP contribution in [0.4, 0.5) is 0 Å². The maximum Gasteiger partial charge on any atom is 0.206 e. The smallest absolute Gasteiger partial charge is 0.206 e. The third-order valence-corrected chi connectivity index (χ3v) is 4.77. The Morgan fingerprint density at radius 1 is 1.06 bits per heavy atom. The standard InChI is InChI=1S/C13H13O3PS/c14-10-2-1-3-12(7-4-10)18(15,16)13-8-5-11(17)6-9-13/h2-9,14H,1,17H2. The fourth-order valence-corrected chi connectivity index (χ4v) is 3.10. The van der Waals surface area contributed by atoms with Gasteiger partial charge in [0.25, 0.3) is 0 Å². The Morgan fingerprint density at radius 2 is 1.72 bits per heavy atom. The first-order chi connectivity index (χ1) is 8.50. The minimum absolute atomic E-state index is 0.0803. The topological polar surface area (TPSA) is 54.4 Å². The molecule has 1 N–H and O–H groups in total. The molecule has 0 radical (unpaired) electrons. The van der Waals surface area contributed by atoms with Crippen LogP contribution in [0.15, 0.2) is 64.1 Å². The molecule has 1 atom stereocenters. The lowest BCUT2D eigenvalue weighted by Crippen LogP contribution is -2.04. The molecule has 0 spiro atoms. The molecule has 0 aliphatic heterocycles. The Labute approximate surface area is 109 Å². The van der Waals surface area contributed by atoms with Gasteiger partial charge >= 0.3 is 0 Å². The summed E-state index contributed by atoms with van der Waals surface area (Å²) in [5.74, 6) is 0.0803. The largest absolute Gasteiger partial charge is 0.508 e.